The van der Waals surface area contributed by atoms with Gasteiger partial charge in [0.05, 0.1) is 22.4 Å². The lowest BCUT2D eigenvalue weighted by atomic mass is 10.1. The van der Waals surface area contributed by atoms with Crippen LogP contribution >= 0.6 is 11.6 Å². The van der Waals surface area contributed by atoms with Gasteiger partial charge in [-0.25, -0.2) is 4.79 Å². The van der Waals surface area contributed by atoms with Gasteiger partial charge in [0.2, 0.25) is 0 Å². The third kappa shape index (κ3) is 2.97. The molecule has 1 aromatic heterocycles. The number of benzene rings is 2. The van der Waals surface area contributed by atoms with Crippen LogP contribution in [0.3, 0.4) is 0 Å². The quantitative estimate of drug-likeness (QED) is 0.661. The Bertz CT molecular complexity index is 1000. The monoisotopic (exact) mass is 369 g/mol. The lowest BCUT2D eigenvalue weighted by Crippen LogP contribution is -2.46. The molecule has 4 rings (SSSR count). The number of rotatable bonds is 3. The van der Waals surface area contributed by atoms with Crippen LogP contribution in [0.2, 0.25) is 5.02 Å². The lowest BCUT2D eigenvalue weighted by molar-refractivity contribution is 0.102. The van der Waals surface area contributed by atoms with E-state index < -0.39 is 0 Å². The number of H-pyrrole nitrogens is 1. The summed E-state index contributed by atoms with van der Waals surface area (Å²) >= 11 is 6.13. The Kier molecular flexibility index (Phi) is 4.22. The van der Waals surface area contributed by atoms with Gasteiger partial charge < -0.3 is 10.6 Å². The standard InChI is InChI=1S/C18H16ClN5O2/c19-14-5-6-15(16-13(14)10-21-23-16)22-17(25)11-3-1-4-12(9-11)24-8-2-7-20-18(24)26/h1,3-6,9-10H,2,7-8H2,(H,20,26)(H,21,23)(H,22,25). The highest BCUT2D eigenvalue weighted by Crippen LogP contribution is 2.28. The molecule has 0 saturated carbocycles. The van der Waals surface area contributed by atoms with E-state index in [1.54, 1.807) is 41.4 Å². The summed E-state index contributed by atoms with van der Waals surface area (Å²) in [7, 11) is 0. The number of hydrogen-bond donors (Lipinski definition) is 3. The molecule has 0 unspecified atom stereocenters. The van der Waals surface area contributed by atoms with Crippen LogP contribution in [-0.2, 0) is 0 Å². The van der Waals surface area contributed by atoms with Crippen LogP contribution in [0, 0.1) is 0 Å². The summed E-state index contributed by atoms with van der Waals surface area (Å²) in [6.45, 7) is 1.30. The van der Waals surface area contributed by atoms with Crippen LogP contribution in [0.15, 0.2) is 42.6 Å². The maximum atomic E-state index is 12.7. The summed E-state index contributed by atoms with van der Waals surface area (Å²) in [5.74, 6) is -0.275. The van der Waals surface area contributed by atoms with E-state index in [-0.39, 0.29) is 11.9 Å². The van der Waals surface area contributed by atoms with Gasteiger partial charge in [-0.15, -0.1) is 0 Å². The number of carbonyl (C=O) groups is 2. The molecule has 0 aliphatic carbocycles. The van der Waals surface area contributed by atoms with Crippen molar-refractivity contribution in [2.24, 2.45) is 0 Å². The van der Waals surface area contributed by atoms with E-state index in [0.29, 0.717) is 40.6 Å². The van der Waals surface area contributed by atoms with E-state index in [1.807, 2.05) is 6.07 Å². The molecule has 0 atom stereocenters. The summed E-state index contributed by atoms with van der Waals surface area (Å²) < 4.78 is 0. The summed E-state index contributed by atoms with van der Waals surface area (Å²) in [5, 5.41) is 13.8. The van der Waals surface area contributed by atoms with Crippen molar-refractivity contribution in [1.82, 2.24) is 15.5 Å². The molecular formula is C18H16ClN5O2. The van der Waals surface area contributed by atoms with Crippen molar-refractivity contribution in [3.05, 3.63) is 53.2 Å². The van der Waals surface area contributed by atoms with Crippen molar-refractivity contribution in [2.75, 3.05) is 23.3 Å². The fraction of sp³-hybridized carbons (Fsp3) is 0.167. The van der Waals surface area contributed by atoms with Crippen molar-refractivity contribution in [3.63, 3.8) is 0 Å². The second-order valence-electron chi connectivity index (χ2n) is 6.00. The first kappa shape index (κ1) is 16.4. The first-order chi connectivity index (χ1) is 12.6. The number of nitrogens with zero attached hydrogens (tertiary/aromatic N) is 2. The summed E-state index contributed by atoms with van der Waals surface area (Å²) in [5.41, 5.74) is 2.41. The molecule has 0 spiro atoms. The number of nitrogens with one attached hydrogen (secondary N) is 3. The second-order valence-corrected chi connectivity index (χ2v) is 6.40. The Morgan fingerprint density at radius 3 is 3.00 bits per heavy atom. The molecule has 8 heteroatoms. The molecule has 26 heavy (non-hydrogen) atoms. The number of aromatic amines is 1. The molecule has 2 aromatic carbocycles. The molecule has 7 nitrogen and oxygen atoms in total. The van der Waals surface area contributed by atoms with Crippen molar-refractivity contribution in [3.8, 4) is 0 Å². The predicted molar refractivity (Wildman–Crippen MR) is 101 cm³/mol. The number of carbonyl (C=O) groups excluding carboxylic acids is 2. The maximum Gasteiger partial charge on any atom is 0.321 e. The number of fused-ring (bicyclic) bond motifs is 1. The van der Waals surface area contributed by atoms with Gasteiger partial charge in [0.1, 0.15) is 0 Å². The Balaban J connectivity index is 1.60. The van der Waals surface area contributed by atoms with Crippen LogP contribution in [-0.4, -0.2) is 35.2 Å². The summed E-state index contributed by atoms with van der Waals surface area (Å²) in [4.78, 5) is 26.3. The zero-order chi connectivity index (χ0) is 18.1. The Hall–Kier alpha value is -3.06. The molecule has 3 aromatic rings. The molecular weight excluding hydrogens is 354 g/mol. The van der Waals surface area contributed by atoms with Crippen LogP contribution in [0.5, 0.6) is 0 Å². The van der Waals surface area contributed by atoms with Crippen LogP contribution in [0.25, 0.3) is 10.9 Å². The molecule has 0 radical (unpaired) electrons. The van der Waals surface area contributed by atoms with Crippen LogP contribution in [0.4, 0.5) is 16.2 Å². The van der Waals surface area contributed by atoms with Gasteiger partial charge in [0.25, 0.3) is 5.91 Å². The molecule has 1 aliphatic rings. The van der Waals surface area contributed by atoms with E-state index >= 15 is 0 Å². The molecule has 1 aliphatic heterocycles. The van der Waals surface area contributed by atoms with Gasteiger partial charge >= 0.3 is 6.03 Å². The van der Waals surface area contributed by atoms with Gasteiger partial charge in [-0.05, 0) is 36.8 Å². The number of amides is 3. The van der Waals surface area contributed by atoms with Gasteiger partial charge in [0, 0.05) is 29.7 Å². The summed E-state index contributed by atoms with van der Waals surface area (Å²) in [6, 6.07) is 10.3. The fourth-order valence-corrected chi connectivity index (χ4v) is 3.20. The highest BCUT2D eigenvalue weighted by molar-refractivity contribution is 6.36. The molecule has 3 amide bonds. The minimum Gasteiger partial charge on any atom is -0.338 e. The first-order valence-corrected chi connectivity index (χ1v) is 8.59. The van der Waals surface area contributed by atoms with E-state index in [2.05, 4.69) is 20.8 Å². The van der Waals surface area contributed by atoms with Gasteiger partial charge in [-0.3, -0.25) is 14.8 Å². The highest BCUT2D eigenvalue weighted by Gasteiger charge is 2.20. The van der Waals surface area contributed by atoms with Gasteiger partial charge in [-0.1, -0.05) is 17.7 Å². The number of halogens is 1. The van der Waals surface area contributed by atoms with E-state index in [9.17, 15) is 9.59 Å². The number of aromatic nitrogens is 2. The number of urea groups is 1. The van der Waals surface area contributed by atoms with Crippen molar-refractivity contribution in [2.45, 2.75) is 6.42 Å². The molecule has 3 N–H and O–H groups in total. The minimum atomic E-state index is -0.275. The topological polar surface area (TPSA) is 90.1 Å². The van der Waals surface area contributed by atoms with Gasteiger partial charge in [0.15, 0.2) is 0 Å². The van der Waals surface area contributed by atoms with Crippen LogP contribution in [0.1, 0.15) is 16.8 Å². The smallest absolute Gasteiger partial charge is 0.321 e. The summed E-state index contributed by atoms with van der Waals surface area (Å²) in [6.07, 6.45) is 2.48. The lowest BCUT2D eigenvalue weighted by Gasteiger charge is -2.27. The molecule has 2 heterocycles. The third-order valence-corrected chi connectivity index (χ3v) is 4.64. The third-order valence-electron chi connectivity index (χ3n) is 4.31. The number of anilines is 2. The minimum absolute atomic E-state index is 0.148. The number of hydrogen-bond acceptors (Lipinski definition) is 3. The van der Waals surface area contributed by atoms with Crippen molar-refractivity contribution >= 4 is 45.8 Å². The average Bonchev–Trinajstić information content (AvgIpc) is 3.15. The molecule has 0 bridgehead atoms. The largest absolute Gasteiger partial charge is 0.338 e. The molecule has 1 saturated heterocycles. The Morgan fingerprint density at radius 2 is 2.15 bits per heavy atom. The predicted octanol–water partition coefficient (Wildman–Crippen LogP) is 3.39. The normalized spacial score (nSPS) is 14.3. The second kappa shape index (κ2) is 6.68. The Labute approximate surface area is 154 Å². The Morgan fingerprint density at radius 1 is 1.27 bits per heavy atom. The molecule has 1 fully saturated rings. The maximum absolute atomic E-state index is 12.7. The van der Waals surface area contributed by atoms with Gasteiger partial charge in [-0.2, -0.15) is 5.10 Å². The zero-order valence-corrected chi connectivity index (χ0v) is 14.5. The highest BCUT2D eigenvalue weighted by atomic mass is 35.5. The van der Waals surface area contributed by atoms with Crippen LogP contribution < -0.4 is 15.5 Å². The van der Waals surface area contributed by atoms with E-state index in [0.717, 1.165) is 11.8 Å². The fourth-order valence-electron chi connectivity index (χ4n) is 2.99. The van der Waals surface area contributed by atoms with E-state index in [1.165, 1.54) is 0 Å². The van der Waals surface area contributed by atoms with Crippen molar-refractivity contribution in [1.29, 1.82) is 0 Å². The van der Waals surface area contributed by atoms with Crippen molar-refractivity contribution < 1.29 is 9.59 Å². The first-order valence-electron chi connectivity index (χ1n) is 8.22. The molecule has 132 valence electrons. The van der Waals surface area contributed by atoms with E-state index in [4.69, 9.17) is 11.6 Å². The average molecular weight is 370 g/mol. The SMILES string of the molecule is O=C(Nc1ccc(Cl)c2cn[nH]c12)c1cccc(N2CCCNC2=O)c1. The zero-order valence-electron chi connectivity index (χ0n) is 13.8.